The molecule has 0 aliphatic heterocycles. The Bertz CT molecular complexity index is 1210. The molecule has 1 heterocycles. The SMILES string of the molecule is CCC[C@@H](C)NS(=O)(=O)c1cc(C(=O)Nc2ccc3oc(C)nc3c2)c(Cl)cc1Cl. The van der Waals surface area contributed by atoms with E-state index in [2.05, 4.69) is 15.0 Å². The molecule has 1 aromatic heterocycles. The van der Waals surface area contributed by atoms with Crippen LogP contribution in [-0.2, 0) is 10.0 Å². The minimum Gasteiger partial charge on any atom is -0.441 e. The average Bonchev–Trinajstić information content (AvgIpc) is 3.00. The zero-order valence-corrected chi connectivity index (χ0v) is 19.0. The number of carbonyl (C=O) groups is 1. The van der Waals surface area contributed by atoms with Crippen LogP contribution in [0, 0.1) is 6.92 Å². The normalized spacial score (nSPS) is 12.8. The number of sulfonamides is 1. The Balaban J connectivity index is 1.90. The summed E-state index contributed by atoms with van der Waals surface area (Å²) in [5.41, 5.74) is 1.63. The van der Waals surface area contributed by atoms with Crippen molar-refractivity contribution in [1.82, 2.24) is 9.71 Å². The number of benzene rings is 2. The number of fused-ring (bicyclic) bond motifs is 1. The molecule has 30 heavy (non-hydrogen) atoms. The van der Waals surface area contributed by atoms with Crippen LogP contribution in [0.4, 0.5) is 5.69 Å². The van der Waals surface area contributed by atoms with E-state index in [1.54, 1.807) is 32.0 Å². The topological polar surface area (TPSA) is 101 Å². The van der Waals surface area contributed by atoms with Crippen molar-refractivity contribution in [1.29, 1.82) is 0 Å². The second-order valence-electron chi connectivity index (χ2n) is 6.94. The third-order valence-electron chi connectivity index (χ3n) is 4.39. The fourth-order valence-corrected chi connectivity index (χ4v) is 5.19. The number of rotatable bonds is 7. The van der Waals surface area contributed by atoms with E-state index in [0.717, 1.165) is 6.42 Å². The number of amides is 1. The average molecular weight is 470 g/mol. The molecule has 0 bridgehead atoms. The van der Waals surface area contributed by atoms with Crippen LogP contribution in [-0.4, -0.2) is 25.4 Å². The zero-order valence-electron chi connectivity index (χ0n) is 16.6. The van der Waals surface area contributed by atoms with Crippen LogP contribution < -0.4 is 10.0 Å². The number of hydrogen-bond acceptors (Lipinski definition) is 5. The Hall–Kier alpha value is -2.13. The van der Waals surface area contributed by atoms with Crippen molar-refractivity contribution in [3.8, 4) is 0 Å². The molecule has 0 saturated heterocycles. The lowest BCUT2D eigenvalue weighted by molar-refractivity contribution is 0.102. The highest BCUT2D eigenvalue weighted by Gasteiger charge is 2.24. The summed E-state index contributed by atoms with van der Waals surface area (Å²) in [6.45, 7) is 5.45. The lowest BCUT2D eigenvalue weighted by Gasteiger charge is -2.15. The zero-order chi connectivity index (χ0) is 22.1. The van der Waals surface area contributed by atoms with Gasteiger partial charge in [0.05, 0.1) is 15.6 Å². The summed E-state index contributed by atoms with van der Waals surface area (Å²) >= 11 is 12.3. The highest BCUT2D eigenvalue weighted by molar-refractivity contribution is 7.89. The van der Waals surface area contributed by atoms with E-state index in [1.807, 2.05) is 6.92 Å². The number of anilines is 1. The van der Waals surface area contributed by atoms with Gasteiger partial charge in [0.25, 0.3) is 5.91 Å². The number of aromatic nitrogens is 1. The molecule has 0 spiro atoms. The van der Waals surface area contributed by atoms with Crippen molar-refractivity contribution in [2.45, 2.75) is 44.6 Å². The van der Waals surface area contributed by atoms with Gasteiger partial charge in [-0.3, -0.25) is 4.79 Å². The number of nitrogens with zero attached hydrogens (tertiary/aromatic N) is 1. The Morgan fingerprint density at radius 2 is 1.93 bits per heavy atom. The van der Waals surface area contributed by atoms with Gasteiger partial charge in [-0.1, -0.05) is 36.5 Å². The molecule has 0 aliphatic carbocycles. The number of halogens is 2. The van der Waals surface area contributed by atoms with Gasteiger partial charge in [-0.25, -0.2) is 18.1 Å². The third kappa shape index (κ3) is 4.95. The maximum Gasteiger partial charge on any atom is 0.257 e. The summed E-state index contributed by atoms with van der Waals surface area (Å²) in [4.78, 5) is 16.8. The molecule has 0 unspecified atom stereocenters. The molecule has 160 valence electrons. The van der Waals surface area contributed by atoms with Gasteiger partial charge in [0, 0.05) is 18.7 Å². The number of oxazole rings is 1. The van der Waals surface area contributed by atoms with Crippen LogP contribution in [0.25, 0.3) is 11.1 Å². The van der Waals surface area contributed by atoms with Crippen molar-refractivity contribution in [3.05, 3.63) is 51.8 Å². The van der Waals surface area contributed by atoms with E-state index in [9.17, 15) is 13.2 Å². The number of carbonyl (C=O) groups excluding carboxylic acids is 1. The molecule has 0 saturated carbocycles. The minimum atomic E-state index is -3.93. The van der Waals surface area contributed by atoms with E-state index in [0.29, 0.717) is 29.1 Å². The van der Waals surface area contributed by atoms with Gasteiger partial charge in [0.15, 0.2) is 11.5 Å². The van der Waals surface area contributed by atoms with Crippen molar-refractivity contribution < 1.29 is 17.6 Å². The van der Waals surface area contributed by atoms with E-state index >= 15 is 0 Å². The molecule has 7 nitrogen and oxygen atoms in total. The first-order chi connectivity index (χ1) is 14.1. The van der Waals surface area contributed by atoms with Crippen LogP contribution in [0.3, 0.4) is 0 Å². The molecule has 1 atom stereocenters. The van der Waals surface area contributed by atoms with E-state index < -0.39 is 15.9 Å². The third-order valence-corrected chi connectivity index (χ3v) is 6.75. The predicted molar refractivity (Wildman–Crippen MR) is 118 cm³/mol. The van der Waals surface area contributed by atoms with Gasteiger partial charge in [-0.05, 0) is 43.7 Å². The molecule has 3 aromatic rings. The summed E-state index contributed by atoms with van der Waals surface area (Å²) in [7, 11) is -3.93. The number of nitrogens with one attached hydrogen (secondary N) is 2. The van der Waals surface area contributed by atoms with Crippen molar-refractivity contribution in [2.24, 2.45) is 0 Å². The molecule has 1 amide bonds. The van der Waals surface area contributed by atoms with Crippen molar-refractivity contribution >= 4 is 55.9 Å². The standard InChI is InChI=1S/C20H21Cl2N3O4S/c1-4-5-11(2)25-30(27,28)19-9-14(15(21)10-16(19)22)20(26)24-13-6-7-18-17(8-13)23-12(3)29-18/h6-11,25H,4-5H2,1-3H3,(H,24,26)/t11-/m1/s1. The van der Waals surface area contributed by atoms with Gasteiger partial charge >= 0.3 is 0 Å². The summed E-state index contributed by atoms with van der Waals surface area (Å²) < 4.78 is 33.5. The van der Waals surface area contributed by atoms with Gasteiger partial charge < -0.3 is 9.73 Å². The summed E-state index contributed by atoms with van der Waals surface area (Å²) in [6, 6.07) is 7.14. The molecule has 0 aliphatic rings. The number of aryl methyl sites for hydroxylation is 1. The molecular formula is C20H21Cl2N3O4S. The largest absolute Gasteiger partial charge is 0.441 e. The Labute approximate surface area is 184 Å². The van der Waals surface area contributed by atoms with Crippen LogP contribution >= 0.6 is 23.2 Å². The highest BCUT2D eigenvalue weighted by atomic mass is 35.5. The molecule has 2 aromatic carbocycles. The predicted octanol–water partition coefficient (Wildman–Crippen LogP) is 5.16. The maximum atomic E-state index is 12.8. The summed E-state index contributed by atoms with van der Waals surface area (Å²) in [5, 5.41) is 2.67. The molecule has 0 radical (unpaired) electrons. The second kappa shape index (κ2) is 8.93. The molecule has 0 fully saturated rings. The molecular weight excluding hydrogens is 449 g/mol. The lowest BCUT2D eigenvalue weighted by Crippen LogP contribution is -2.32. The molecule has 2 N–H and O–H groups in total. The molecule has 10 heteroatoms. The van der Waals surface area contributed by atoms with Crippen LogP contribution in [0.15, 0.2) is 39.6 Å². The Kier molecular flexibility index (Phi) is 6.71. The maximum absolute atomic E-state index is 12.8. The minimum absolute atomic E-state index is 0.0129. The van der Waals surface area contributed by atoms with Crippen LogP contribution in [0.5, 0.6) is 0 Å². The lowest BCUT2D eigenvalue weighted by atomic mass is 10.2. The Morgan fingerprint density at radius 3 is 2.63 bits per heavy atom. The fourth-order valence-electron chi connectivity index (χ4n) is 3.05. The van der Waals surface area contributed by atoms with E-state index in [4.69, 9.17) is 27.6 Å². The quantitative estimate of drug-likeness (QED) is 0.497. The van der Waals surface area contributed by atoms with Gasteiger partial charge in [0.1, 0.15) is 10.4 Å². The molecule has 3 rings (SSSR count). The second-order valence-corrected chi connectivity index (χ2v) is 9.44. The van der Waals surface area contributed by atoms with Crippen molar-refractivity contribution in [2.75, 3.05) is 5.32 Å². The summed E-state index contributed by atoms with van der Waals surface area (Å²) in [6.07, 6.45) is 1.49. The number of hydrogen-bond donors (Lipinski definition) is 2. The van der Waals surface area contributed by atoms with Crippen LogP contribution in [0.1, 0.15) is 42.9 Å². The smallest absolute Gasteiger partial charge is 0.257 e. The van der Waals surface area contributed by atoms with Crippen LogP contribution in [0.2, 0.25) is 10.0 Å². The monoisotopic (exact) mass is 469 g/mol. The first-order valence-electron chi connectivity index (χ1n) is 9.30. The van der Waals surface area contributed by atoms with Gasteiger partial charge in [-0.2, -0.15) is 0 Å². The summed E-state index contributed by atoms with van der Waals surface area (Å²) in [5.74, 6) is -0.0665. The van der Waals surface area contributed by atoms with Gasteiger partial charge in [0.2, 0.25) is 10.0 Å². The van der Waals surface area contributed by atoms with Crippen molar-refractivity contribution in [3.63, 3.8) is 0 Å². The van der Waals surface area contributed by atoms with Gasteiger partial charge in [-0.15, -0.1) is 0 Å². The first-order valence-corrected chi connectivity index (χ1v) is 11.5. The first kappa shape index (κ1) is 22.6. The highest BCUT2D eigenvalue weighted by Crippen LogP contribution is 2.30. The van der Waals surface area contributed by atoms with E-state index in [-0.39, 0.29) is 26.5 Å². The fraction of sp³-hybridized carbons (Fsp3) is 0.300. The van der Waals surface area contributed by atoms with E-state index in [1.165, 1.54) is 12.1 Å². The Morgan fingerprint density at radius 1 is 1.20 bits per heavy atom.